The Kier molecular flexibility index (Phi) is 8.14. The lowest BCUT2D eigenvalue weighted by atomic mass is 9.86. The number of aliphatic hydroxyl groups is 3. The fourth-order valence-corrected chi connectivity index (χ4v) is 4.34. The summed E-state index contributed by atoms with van der Waals surface area (Å²) in [6.07, 6.45) is -4.59. The standard InChI is InChI=1S/C12H20O5.C9H18O5/c1-6-12(4)9(14-5)7-8(10(13)17-12)16-11(2,3)15-7;1-4-9(2)7(13-3)5(10)6(11)8(12)14-9/h7-9H,6H2,1-5H3;5-8,10-12H,4H2,1-3H3/t7-,8+,9+,12-;5-,6+,7+,8?,9-/m00/s1. The second-order valence-electron chi connectivity index (χ2n) is 9.08. The van der Waals surface area contributed by atoms with E-state index in [1.165, 1.54) is 7.11 Å². The SMILES string of the molecule is CC[C@]1(C)OC(=O)[C@@H]2OC(C)(C)O[C@@H]2[C@H]1OC.CC[C@]1(C)OC(O)[C@H](O)[C@H](O)[C@H]1OC. The number of ether oxygens (including phenoxy) is 6. The van der Waals surface area contributed by atoms with Crippen LogP contribution in [0.2, 0.25) is 0 Å². The fraction of sp³-hybridized carbons (Fsp3) is 0.952. The van der Waals surface area contributed by atoms with Crippen molar-refractivity contribution < 1.29 is 48.5 Å². The molecule has 0 aromatic heterocycles. The summed E-state index contributed by atoms with van der Waals surface area (Å²) in [4.78, 5) is 11.9. The van der Waals surface area contributed by atoms with Gasteiger partial charge in [0.15, 0.2) is 18.2 Å². The van der Waals surface area contributed by atoms with E-state index >= 15 is 0 Å². The number of carbonyl (C=O) groups excluding carboxylic acids is 1. The van der Waals surface area contributed by atoms with Crippen molar-refractivity contribution in [2.45, 2.75) is 114 Å². The first-order valence-corrected chi connectivity index (χ1v) is 10.6. The Morgan fingerprint density at radius 1 is 0.839 bits per heavy atom. The van der Waals surface area contributed by atoms with E-state index in [0.717, 1.165) is 0 Å². The van der Waals surface area contributed by atoms with E-state index in [9.17, 15) is 20.1 Å². The number of esters is 1. The van der Waals surface area contributed by atoms with Crippen molar-refractivity contribution in [2.75, 3.05) is 14.2 Å². The highest BCUT2D eigenvalue weighted by atomic mass is 16.8. The molecule has 182 valence electrons. The number of cyclic esters (lactones) is 1. The monoisotopic (exact) mass is 450 g/mol. The maximum absolute atomic E-state index is 11.9. The highest BCUT2D eigenvalue weighted by Crippen LogP contribution is 2.41. The largest absolute Gasteiger partial charge is 0.454 e. The van der Waals surface area contributed by atoms with Crippen LogP contribution in [0.25, 0.3) is 0 Å². The Balaban J connectivity index is 0.000000225. The van der Waals surface area contributed by atoms with Crippen LogP contribution in [0, 0.1) is 0 Å². The molecule has 0 bridgehead atoms. The smallest absolute Gasteiger partial charge is 0.338 e. The zero-order valence-corrected chi connectivity index (χ0v) is 19.7. The first-order chi connectivity index (χ1) is 14.3. The minimum absolute atomic E-state index is 0.308. The van der Waals surface area contributed by atoms with Gasteiger partial charge in [0, 0.05) is 14.2 Å². The molecular formula is C21H38O10. The van der Waals surface area contributed by atoms with Gasteiger partial charge in [-0.3, -0.25) is 0 Å². The molecule has 0 amide bonds. The quantitative estimate of drug-likeness (QED) is 0.520. The average Bonchev–Trinajstić information content (AvgIpc) is 3.03. The Labute approximate surface area is 183 Å². The van der Waals surface area contributed by atoms with Crippen LogP contribution in [-0.2, 0) is 33.2 Å². The first kappa shape index (κ1) is 26.4. The van der Waals surface area contributed by atoms with Crippen LogP contribution in [0.3, 0.4) is 0 Å². The van der Waals surface area contributed by atoms with Crippen LogP contribution in [0.5, 0.6) is 0 Å². The second kappa shape index (κ2) is 9.56. The molecule has 3 fully saturated rings. The van der Waals surface area contributed by atoms with Crippen molar-refractivity contribution in [1.82, 2.24) is 0 Å². The molecule has 0 spiro atoms. The van der Waals surface area contributed by atoms with Gasteiger partial charge in [-0.05, 0) is 40.5 Å². The van der Waals surface area contributed by atoms with E-state index in [1.54, 1.807) is 27.9 Å². The predicted octanol–water partition coefficient (Wildman–Crippen LogP) is 0.488. The lowest BCUT2D eigenvalue weighted by Gasteiger charge is -2.46. The number of carbonyl (C=O) groups is 1. The van der Waals surface area contributed by atoms with Gasteiger partial charge in [-0.2, -0.15) is 0 Å². The van der Waals surface area contributed by atoms with Crippen molar-refractivity contribution in [3.05, 3.63) is 0 Å². The molecule has 9 atom stereocenters. The zero-order chi connectivity index (χ0) is 23.8. The maximum atomic E-state index is 11.9. The summed E-state index contributed by atoms with van der Waals surface area (Å²) in [5.41, 5.74) is -1.43. The number of methoxy groups -OCH3 is 2. The normalized spacial score (nSPS) is 46.5. The van der Waals surface area contributed by atoms with Crippen LogP contribution in [0.15, 0.2) is 0 Å². The van der Waals surface area contributed by atoms with E-state index in [0.29, 0.717) is 12.8 Å². The molecule has 0 aromatic carbocycles. The van der Waals surface area contributed by atoms with Crippen LogP contribution >= 0.6 is 0 Å². The van der Waals surface area contributed by atoms with Gasteiger partial charge < -0.3 is 43.7 Å². The molecule has 0 radical (unpaired) electrons. The molecule has 3 saturated heterocycles. The summed E-state index contributed by atoms with van der Waals surface area (Å²) in [7, 11) is 3.04. The molecule has 3 aliphatic rings. The summed E-state index contributed by atoms with van der Waals surface area (Å²) >= 11 is 0. The number of hydrogen-bond acceptors (Lipinski definition) is 10. The fourth-order valence-electron chi connectivity index (χ4n) is 4.34. The molecule has 31 heavy (non-hydrogen) atoms. The molecule has 10 nitrogen and oxygen atoms in total. The molecule has 3 heterocycles. The summed E-state index contributed by atoms with van der Waals surface area (Å²) in [6, 6.07) is 0. The van der Waals surface area contributed by atoms with E-state index in [2.05, 4.69) is 0 Å². The molecule has 1 unspecified atom stereocenters. The minimum Gasteiger partial charge on any atom is -0.454 e. The van der Waals surface area contributed by atoms with E-state index in [4.69, 9.17) is 28.4 Å². The first-order valence-electron chi connectivity index (χ1n) is 10.6. The van der Waals surface area contributed by atoms with Gasteiger partial charge in [0.2, 0.25) is 0 Å². The van der Waals surface area contributed by atoms with Gasteiger partial charge in [-0.25, -0.2) is 4.79 Å². The Morgan fingerprint density at radius 2 is 1.39 bits per heavy atom. The van der Waals surface area contributed by atoms with E-state index < -0.39 is 53.8 Å². The number of aliphatic hydroxyl groups excluding tert-OH is 3. The molecule has 10 heteroatoms. The van der Waals surface area contributed by atoms with Crippen molar-refractivity contribution in [1.29, 1.82) is 0 Å². The van der Waals surface area contributed by atoms with Crippen molar-refractivity contribution >= 4 is 5.97 Å². The molecule has 3 N–H and O–H groups in total. The van der Waals surface area contributed by atoms with Gasteiger partial charge in [0.1, 0.15) is 36.1 Å². The molecule has 0 aromatic rings. The second-order valence-corrected chi connectivity index (χ2v) is 9.08. The summed E-state index contributed by atoms with van der Waals surface area (Å²) < 4.78 is 32.6. The molecule has 0 aliphatic carbocycles. The Hall–Kier alpha value is -0.850. The third-order valence-corrected chi connectivity index (χ3v) is 6.45. The van der Waals surface area contributed by atoms with Gasteiger partial charge in [-0.1, -0.05) is 13.8 Å². The minimum atomic E-state index is -1.36. The molecule has 3 aliphatic heterocycles. The Bertz CT molecular complexity index is 627. The van der Waals surface area contributed by atoms with Gasteiger partial charge >= 0.3 is 5.97 Å². The highest BCUT2D eigenvalue weighted by molar-refractivity contribution is 5.77. The highest BCUT2D eigenvalue weighted by Gasteiger charge is 2.59. The van der Waals surface area contributed by atoms with Crippen molar-refractivity contribution in [3.8, 4) is 0 Å². The van der Waals surface area contributed by atoms with Crippen LogP contribution in [-0.4, -0.2) is 95.4 Å². The number of rotatable bonds is 4. The van der Waals surface area contributed by atoms with E-state index in [1.807, 2.05) is 20.8 Å². The zero-order valence-electron chi connectivity index (χ0n) is 19.7. The van der Waals surface area contributed by atoms with Crippen LogP contribution < -0.4 is 0 Å². The van der Waals surface area contributed by atoms with Gasteiger partial charge in [0.05, 0.1) is 5.60 Å². The van der Waals surface area contributed by atoms with Crippen molar-refractivity contribution in [2.24, 2.45) is 0 Å². The number of fused-ring (bicyclic) bond motifs is 1. The van der Waals surface area contributed by atoms with Crippen LogP contribution in [0.4, 0.5) is 0 Å². The molecule has 3 rings (SSSR count). The third kappa shape index (κ3) is 5.06. The number of hydrogen-bond donors (Lipinski definition) is 3. The lowest BCUT2D eigenvalue weighted by molar-refractivity contribution is -0.319. The van der Waals surface area contributed by atoms with E-state index in [-0.39, 0.29) is 12.1 Å². The summed E-state index contributed by atoms with van der Waals surface area (Å²) in [6.45, 7) is 11.0. The lowest BCUT2D eigenvalue weighted by Crippen LogP contribution is -2.63. The Morgan fingerprint density at radius 3 is 1.87 bits per heavy atom. The predicted molar refractivity (Wildman–Crippen MR) is 108 cm³/mol. The third-order valence-electron chi connectivity index (χ3n) is 6.45. The van der Waals surface area contributed by atoms with Gasteiger partial charge in [0.25, 0.3) is 0 Å². The maximum Gasteiger partial charge on any atom is 0.338 e. The van der Waals surface area contributed by atoms with Crippen LogP contribution in [0.1, 0.15) is 54.4 Å². The summed E-state index contributed by atoms with van der Waals surface area (Å²) in [5.74, 6) is -1.14. The molecular weight excluding hydrogens is 412 g/mol. The van der Waals surface area contributed by atoms with Crippen molar-refractivity contribution in [3.63, 3.8) is 0 Å². The average molecular weight is 451 g/mol. The molecule has 0 saturated carbocycles. The topological polar surface area (TPSA) is 133 Å². The summed E-state index contributed by atoms with van der Waals surface area (Å²) in [5, 5.41) is 28.4. The van der Waals surface area contributed by atoms with Gasteiger partial charge in [-0.15, -0.1) is 0 Å².